The zero-order valence-electron chi connectivity index (χ0n) is 2.02. The number of rotatable bonds is 0. The second kappa shape index (κ2) is 15.8. The third kappa shape index (κ3) is 9.29. The summed E-state index contributed by atoms with van der Waals surface area (Å²) in [6, 6.07) is 0. The van der Waals surface area contributed by atoms with Crippen molar-refractivity contribution in [3.05, 3.63) is 0 Å². The Hall–Kier alpha value is 3.86. The molecule has 0 N–H and O–H groups in total. The van der Waals surface area contributed by atoms with Crippen molar-refractivity contribution in [1.82, 2.24) is 0 Å². The van der Waals surface area contributed by atoms with E-state index in [0.29, 0.717) is 0 Å². The van der Waals surface area contributed by atoms with Crippen molar-refractivity contribution in [3.63, 3.8) is 0 Å². The smallest absolute Gasteiger partial charge is 3.00 e. The second-order valence-corrected chi connectivity index (χ2v) is 0. The molecule has 4 heteroatoms. The van der Waals surface area contributed by atoms with Gasteiger partial charge in [0.15, 0.2) is 0 Å². The Morgan fingerprint density at radius 3 is 1.00 bits per heavy atom. The first-order valence-electron chi connectivity index (χ1n) is 0. The molecule has 9 valence electrons. The molecule has 1 radical (unpaired) electrons. The van der Waals surface area contributed by atoms with Gasteiger partial charge in [0.25, 0.3) is 0 Å². The summed E-state index contributed by atoms with van der Waals surface area (Å²) in [5, 5.41) is 0. The van der Waals surface area contributed by atoms with Crippen LogP contribution in [0.15, 0.2) is 0 Å². The summed E-state index contributed by atoms with van der Waals surface area (Å²) in [6.07, 6.45) is 0. The van der Waals surface area contributed by atoms with Crippen molar-refractivity contribution in [2.45, 2.75) is 0 Å². The molecule has 0 bridgehead atoms. The molecular formula is ErGaScY+12. The van der Waals surface area contributed by atoms with E-state index in [2.05, 4.69) is 0 Å². The van der Waals surface area contributed by atoms with Gasteiger partial charge in [0.1, 0.15) is 0 Å². The zero-order valence-corrected chi connectivity index (χ0v) is 10.9. The van der Waals surface area contributed by atoms with Gasteiger partial charge in [-0.2, -0.15) is 0 Å². The molecule has 0 fully saturated rings. The van der Waals surface area contributed by atoms with Crippen molar-refractivity contribution in [3.8, 4) is 0 Å². The molecule has 0 saturated heterocycles. The Balaban J connectivity index is 0. The van der Waals surface area contributed by atoms with Gasteiger partial charge in [-0.15, -0.1) is 0 Å². The first kappa shape index (κ1) is 24.8. The van der Waals surface area contributed by atoms with E-state index in [1.807, 2.05) is 0 Å². The molecule has 0 aromatic carbocycles. The normalized spacial score (nSPS) is 0. The molecule has 0 aromatic rings. The van der Waals surface area contributed by atoms with Gasteiger partial charge in [-0.25, -0.2) is 0 Å². The van der Waals surface area contributed by atoms with Gasteiger partial charge < -0.3 is 0 Å². The van der Waals surface area contributed by atoms with Crippen LogP contribution in [0, 0.1) is 37.3 Å². The van der Waals surface area contributed by atoms with E-state index >= 15 is 0 Å². The van der Waals surface area contributed by atoms with Crippen LogP contribution in [0.1, 0.15) is 0 Å². The average molecular weight is 371 g/mol. The van der Waals surface area contributed by atoms with Gasteiger partial charge in [0.2, 0.25) is 0 Å². The number of hydrogen-bond donors (Lipinski definition) is 0. The predicted octanol–water partition coefficient (Wildman–Crippen LogP) is -0.386. The van der Waals surface area contributed by atoms with Gasteiger partial charge in [0, 0.05) is 0 Å². The molecule has 0 heterocycles. The van der Waals surface area contributed by atoms with Crippen LogP contribution in [-0.4, -0.2) is 19.8 Å². The Kier molecular flexibility index (Phi) is 98.2. The SMILES string of the molecule is [Er+3].[Ga+3].[Sc+3].[Y+3]. The molecule has 0 aromatic heterocycles. The minimum atomic E-state index is 0. The molecule has 0 spiro atoms. The topological polar surface area (TPSA) is 0 Å². The predicted molar refractivity (Wildman–Crippen MR) is 5.75 cm³/mol. The maximum atomic E-state index is 0. The molecule has 0 rings (SSSR count). The summed E-state index contributed by atoms with van der Waals surface area (Å²) in [6.45, 7) is 0. The van der Waals surface area contributed by atoms with Crippen LogP contribution in [0.25, 0.3) is 0 Å². The van der Waals surface area contributed by atoms with Crippen LogP contribution in [0.5, 0.6) is 0 Å². The van der Waals surface area contributed by atoms with Crippen molar-refractivity contribution in [2.75, 3.05) is 0 Å². The van der Waals surface area contributed by atoms with Gasteiger partial charge >= 0.3 is 116 Å². The van der Waals surface area contributed by atoms with Crippen LogP contribution in [0.4, 0.5) is 0 Å². The third-order valence-corrected chi connectivity index (χ3v) is 0. The first-order valence-corrected chi connectivity index (χ1v) is 0. The fraction of sp³-hybridized carbons (Fsp3) is 0. The zero-order chi connectivity index (χ0) is 0. The van der Waals surface area contributed by atoms with Crippen LogP contribution in [0.3, 0.4) is 0 Å². The fourth-order valence-electron chi connectivity index (χ4n) is 0. The summed E-state index contributed by atoms with van der Waals surface area (Å²) in [7, 11) is 0. The van der Waals surface area contributed by atoms with Gasteiger partial charge in [-0.3, -0.25) is 0 Å². The van der Waals surface area contributed by atoms with Gasteiger partial charge in [-0.05, 0) is 0 Å². The molecule has 0 nitrogen and oxygen atoms in total. The summed E-state index contributed by atoms with van der Waals surface area (Å²) in [5.41, 5.74) is 0. The van der Waals surface area contributed by atoms with Crippen LogP contribution in [-0.2, 0) is 58.6 Å². The standard InChI is InChI=1S/Er.Ga.Sc.Y/q4*+3. The molecule has 0 unspecified atom stereocenters. The largest absolute Gasteiger partial charge is 3.00 e. The van der Waals surface area contributed by atoms with Crippen molar-refractivity contribution in [2.24, 2.45) is 0 Å². The summed E-state index contributed by atoms with van der Waals surface area (Å²) in [5.74, 6) is 0. The maximum Gasteiger partial charge on any atom is 3.00 e. The van der Waals surface area contributed by atoms with Gasteiger partial charge in [-0.1, -0.05) is 0 Å². The molecule has 0 saturated carbocycles. The Morgan fingerprint density at radius 1 is 1.00 bits per heavy atom. The fourth-order valence-corrected chi connectivity index (χ4v) is 0. The van der Waals surface area contributed by atoms with Crippen LogP contribution in [0.2, 0.25) is 0 Å². The van der Waals surface area contributed by atoms with Crippen molar-refractivity contribution in [1.29, 1.82) is 0 Å². The Bertz CT molecular complexity index is 8.00. The Labute approximate surface area is 113 Å². The Morgan fingerprint density at radius 2 is 1.00 bits per heavy atom. The summed E-state index contributed by atoms with van der Waals surface area (Å²) >= 11 is 0. The van der Waals surface area contributed by atoms with E-state index < -0.39 is 0 Å². The van der Waals surface area contributed by atoms with E-state index in [0.717, 1.165) is 0 Å². The molecule has 4 heavy (non-hydrogen) atoms. The average Bonchev–Trinajstić information content (AvgIpc) is 0. The van der Waals surface area contributed by atoms with E-state index in [1.54, 1.807) is 0 Å². The minimum Gasteiger partial charge on any atom is 3.00 e. The summed E-state index contributed by atoms with van der Waals surface area (Å²) in [4.78, 5) is 0. The maximum absolute atomic E-state index is 0. The van der Waals surface area contributed by atoms with E-state index in [9.17, 15) is 0 Å². The van der Waals surface area contributed by atoms with E-state index in [-0.39, 0.29) is 116 Å². The molecular weight excluding hydrogens is 371 g/mol. The molecule has 0 amide bonds. The molecule has 0 atom stereocenters. The minimum absolute atomic E-state index is 0. The summed E-state index contributed by atoms with van der Waals surface area (Å²) < 4.78 is 0. The van der Waals surface area contributed by atoms with Crippen molar-refractivity contribution < 1.29 is 95.9 Å². The molecule has 0 aliphatic carbocycles. The van der Waals surface area contributed by atoms with Crippen LogP contribution >= 0.6 is 0 Å². The number of hydrogen-bond acceptors (Lipinski definition) is 0. The molecule has 0 aliphatic rings. The van der Waals surface area contributed by atoms with Crippen molar-refractivity contribution >= 4 is 19.8 Å². The first-order chi connectivity index (χ1) is 0. The van der Waals surface area contributed by atoms with Gasteiger partial charge in [0.05, 0.1) is 0 Å². The second-order valence-electron chi connectivity index (χ2n) is 0. The van der Waals surface area contributed by atoms with Crippen LogP contribution < -0.4 is 0 Å². The van der Waals surface area contributed by atoms with E-state index in [1.165, 1.54) is 0 Å². The molecule has 0 aliphatic heterocycles. The van der Waals surface area contributed by atoms with E-state index in [4.69, 9.17) is 0 Å². The third-order valence-electron chi connectivity index (χ3n) is 0. The quantitative estimate of drug-likeness (QED) is 0.510. The monoisotopic (exact) mass is 369 g/mol.